The van der Waals surface area contributed by atoms with Crippen LogP contribution in [-0.2, 0) is 6.54 Å². The van der Waals surface area contributed by atoms with Crippen molar-refractivity contribution in [2.24, 2.45) is 5.92 Å². The van der Waals surface area contributed by atoms with Crippen LogP contribution in [0.25, 0.3) is 33.9 Å². The van der Waals surface area contributed by atoms with E-state index >= 15 is 0 Å². The summed E-state index contributed by atoms with van der Waals surface area (Å²) in [5, 5.41) is 0. The third-order valence-electron chi connectivity index (χ3n) is 4.72. The van der Waals surface area contributed by atoms with Crippen molar-refractivity contribution in [2.75, 3.05) is 0 Å². The van der Waals surface area contributed by atoms with E-state index in [1.165, 1.54) is 11.3 Å². The molecule has 0 aliphatic carbocycles. The Balaban J connectivity index is 2.05. The molecule has 140 valence electrons. The Bertz CT molecular complexity index is 1070. The van der Waals surface area contributed by atoms with Crippen molar-refractivity contribution in [3.05, 3.63) is 89.4 Å². The highest BCUT2D eigenvalue weighted by molar-refractivity contribution is 9.10. The highest BCUT2D eigenvalue weighted by atomic mass is 79.9. The van der Waals surface area contributed by atoms with E-state index in [1.54, 1.807) is 0 Å². The third kappa shape index (κ3) is 3.67. The van der Waals surface area contributed by atoms with Crippen LogP contribution in [0.3, 0.4) is 0 Å². The predicted octanol–water partition coefficient (Wildman–Crippen LogP) is 7.30. The van der Waals surface area contributed by atoms with E-state index in [1.807, 2.05) is 12.1 Å². The summed E-state index contributed by atoms with van der Waals surface area (Å²) in [4.78, 5) is 5.17. The fraction of sp³-hybridized carbons (Fsp3) is 0.160. The molecule has 0 saturated carbocycles. The fourth-order valence-electron chi connectivity index (χ4n) is 3.53. The second kappa shape index (κ2) is 8.15. The second-order valence-electron chi connectivity index (χ2n) is 7.35. The number of hydrogen-bond acceptors (Lipinski definition) is 1. The second-order valence-corrected chi connectivity index (χ2v) is 8.20. The van der Waals surface area contributed by atoms with Crippen molar-refractivity contribution in [2.45, 2.75) is 20.4 Å². The predicted molar refractivity (Wildman–Crippen MR) is 121 cm³/mol. The van der Waals surface area contributed by atoms with Gasteiger partial charge in [-0.15, -0.1) is 0 Å². The minimum Gasteiger partial charge on any atom is -0.323 e. The topological polar surface area (TPSA) is 17.8 Å². The van der Waals surface area contributed by atoms with Crippen molar-refractivity contribution < 1.29 is 0 Å². The van der Waals surface area contributed by atoms with Crippen molar-refractivity contribution in [3.63, 3.8) is 0 Å². The van der Waals surface area contributed by atoms with Crippen LogP contribution in [0.15, 0.2) is 89.4 Å². The molecule has 0 unspecified atom stereocenters. The van der Waals surface area contributed by atoms with Gasteiger partial charge in [0, 0.05) is 27.7 Å². The minimum atomic E-state index is 0.501. The Kier molecular flexibility index (Phi) is 5.45. The maximum absolute atomic E-state index is 5.17. The summed E-state index contributed by atoms with van der Waals surface area (Å²) in [7, 11) is 0. The zero-order chi connectivity index (χ0) is 19.5. The smallest absolute Gasteiger partial charge is 0.142 e. The van der Waals surface area contributed by atoms with Gasteiger partial charge in [-0.2, -0.15) is 0 Å². The molecule has 0 bridgehead atoms. The standard InChI is InChI=1S/C25H23BrN2/c1-18(2)17-28-24(20-13-7-4-8-14-20)23(19-11-5-3-6-12-19)27-25(28)21-15-9-10-16-22(21)26/h3-16,18H,17H2,1-2H3. The first-order chi connectivity index (χ1) is 13.6. The number of benzene rings is 3. The number of rotatable bonds is 5. The lowest BCUT2D eigenvalue weighted by Gasteiger charge is -2.16. The molecule has 0 amide bonds. The molecule has 1 heterocycles. The first-order valence-electron chi connectivity index (χ1n) is 9.61. The summed E-state index contributed by atoms with van der Waals surface area (Å²) in [6, 6.07) is 29.4. The first-order valence-corrected chi connectivity index (χ1v) is 10.4. The average molecular weight is 431 g/mol. The quantitative estimate of drug-likeness (QED) is 0.324. The van der Waals surface area contributed by atoms with Gasteiger partial charge in [-0.3, -0.25) is 0 Å². The van der Waals surface area contributed by atoms with Gasteiger partial charge in [0.1, 0.15) is 5.82 Å². The van der Waals surface area contributed by atoms with E-state index in [2.05, 4.69) is 107 Å². The molecular formula is C25H23BrN2. The third-order valence-corrected chi connectivity index (χ3v) is 5.42. The number of halogens is 1. The van der Waals surface area contributed by atoms with Gasteiger partial charge in [-0.05, 0) is 12.0 Å². The lowest BCUT2D eigenvalue weighted by Crippen LogP contribution is -2.08. The van der Waals surface area contributed by atoms with Crippen LogP contribution in [0.5, 0.6) is 0 Å². The van der Waals surface area contributed by atoms with Crippen molar-refractivity contribution in [1.82, 2.24) is 9.55 Å². The molecule has 3 heteroatoms. The molecule has 0 atom stereocenters. The molecule has 0 N–H and O–H groups in total. The van der Waals surface area contributed by atoms with E-state index in [4.69, 9.17) is 4.98 Å². The monoisotopic (exact) mass is 430 g/mol. The minimum absolute atomic E-state index is 0.501. The van der Waals surface area contributed by atoms with E-state index in [9.17, 15) is 0 Å². The lowest BCUT2D eigenvalue weighted by atomic mass is 10.0. The molecular weight excluding hydrogens is 408 g/mol. The van der Waals surface area contributed by atoms with Crippen LogP contribution in [0, 0.1) is 5.92 Å². The maximum atomic E-state index is 5.17. The summed E-state index contributed by atoms with van der Waals surface area (Å²) in [6.07, 6.45) is 0. The largest absolute Gasteiger partial charge is 0.323 e. The first kappa shape index (κ1) is 18.7. The molecule has 0 radical (unpaired) electrons. The SMILES string of the molecule is CC(C)Cn1c(-c2ccccc2Br)nc(-c2ccccc2)c1-c1ccccc1. The van der Waals surface area contributed by atoms with Gasteiger partial charge in [-0.1, -0.05) is 109 Å². The molecule has 3 aromatic carbocycles. The zero-order valence-electron chi connectivity index (χ0n) is 16.1. The zero-order valence-corrected chi connectivity index (χ0v) is 17.7. The van der Waals surface area contributed by atoms with Crippen LogP contribution in [0.2, 0.25) is 0 Å². The molecule has 4 rings (SSSR count). The fourth-order valence-corrected chi connectivity index (χ4v) is 3.99. The normalized spacial score (nSPS) is 11.1. The van der Waals surface area contributed by atoms with Crippen molar-refractivity contribution in [3.8, 4) is 33.9 Å². The van der Waals surface area contributed by atoms with Gasteiger partial charge in [-0.25, -0.2) is 4.98 Å². The lowest BCUT2D eigenvalue weighted by molar-refractivity contribution is 0.530. The van der Waals surface area contributed by atoms with E-state index in [0.717, 1.165) is 33.7 Å². The van der Waals surface area contributed by atoms with E-state index < -0.39 is 0 Å². The average Bonchev–Trinajstić information content (AvgIpc) is 3.08. The summed E-state index contributed by atoms with van der Waals surface area (Å²) < 4.78 is 3.44. The van der Waals surface area contributed by atoms with Gasteiger partial charge >= 0.3 is 0 Å². The van der Waals surface area contributed by atoms with Crippen LogP contribution in [0.4, 0.5) is 0 Å². The van der Waals surface area contributed by atoms with Crippen LogP contribution < -0.4 is 0 Å². The molecule has 28 heavy (non-hydrogen) atoms. The summed E-state index contributed by atoms with van der Waals surface area (Å²) >= 11 is 3.73. The summed E-state index contributed by atoms with van der Waals surface area (Å²) in [5.74, 6) is 1.50. The molecule has 4 aromatic rings. The molecule has 0 aliphatic rings. The Morgan fingerprint density at radius 2 is 1.36 bits per heavy atom. The molecule has 2 nitrogen and oxygen atoms in total. The van der Waals surface area contributed by atoms with Crippen molar-refractivity contribution in [1.29, 1.82) is 0 Å². The Morgan fingerprint density at radius 1 is 0.786 bits per heavy atom. The number of aromatic nitrogens is 2. The van der Waals surface area contributed by atoms with Crippen LogP contribution >= 0.6 is 15.9 Å². The van der Waals surface area contributed by atoms with E-state index in [-0.39, 0.29) is 0 Å². The van der Waals surface area contributed by atoms with Crippen molar-refractivity contribution >= 4 is 15.9 Å². The maximum Gasteiger partial charge on any atom is 0.142 e. The number of imidazole rings is 1. The van der Waals surface area contributed by atoms with Gasteiger partial charge in [0.25, 0.3) is 0 Å². The summed E-state index contributed by atoms with van der Waals surface area (Å²) in [5.41, 5.74) is 5.64. The Hall–Kier alpha value is -2.65. The Labute approximate surface area is 175 Å². The van der Waals surface area contributed by atoms with Gasteiger partial charge in [0.2, 0.25) is 0 Å². The molecule has 1 aromatic heterocycles. The number of nitrogens with zero attached hydrogens (tertiary/aromatic N) is 2. The van der Waals surface area contributed by atoms with E-state index in [0.29, 0.717) is 5.92 Å². The number of hydrogen-bond donors (Lipinski definition) is 0. The van der Waals surface area contributed by atoms with Crippen LogP contribution in [0.1, 0.15) is 13.8 Å². The van der Waals surface area contributed by atoms with Crippen LogP contribution in [-0.4, -0.2) is 9.55 Å². The van der Waals surface area contributed by atoms with Gasteiger partial charge < -0.3 is 4.57 Å². The van der Waals surface area contributed by atoms with Gasteiger partial charge in [0.15, 0.2) is 0 Å². The molecule has 0 spiro atoms. The molecule has 0 fully saturated rings. The molecule has 0 saturated heterocycles. The molecule has 0 aliphatic heterocycles. The highest BCUT2D eigenvalue weighted by Crippen LogP contribution is 2.38. The summed E-state index contributed by atoms with van der Waals surface area (Å²) in [6.45, 7) is 5.41. The van der Waals surface area contributed by atoms with Gasteiger partial charge in [0.05, 0.1) is 11.4 Å². The highest BCUT2D eigenvalue weighted by Gasteiger charge is 2.22. The Morgan fingerprint density at radius 3 is 1.96 bits per heavy atom.